The zero-order valence-corrected chi connectivity index (χ0v) is 14.0. The van der Waals surface area contributed by atoms with Crippen molar-refractivity contribution in [2.24, 2.45) is 5.92 Å². The number of hydrogen-bond acceptors (Lipinski definition) is 2. The summed E-state index contributed by atoms with van der Waals surface area (Å²) < 4.78 is 5.74. The molecule has 0 saturated carbocycles. The van der Waals surface area contributed by atoms with E-state index in [4.69, 9.17) is 12.6 Å². The molecule has 5 heteroatoms. The molecule has 1 heterocycles. The van der Waals surface area contributed by atoms with Gasteiger partial charge in [-0.15, -0.1) is 26.4 Å². The molecule has 0 aliphatic carbocycles. The van der Waals surface area contributed by atoms with Crippen molar-refractivity contribution in [1.82, 2.24) is 0 Å². The Morgan fingerprint density at radius 2 is 1.72 bits per heavy atom. The summed E-state index contributed by atoms with van der Waals surface area (Å²) in [6, 6.07) is -0.530. The molecule has 1 saturated heterocycles. The van der Waals surface area contributed by atoms with Crippen molar-refractivity contribution in [1.29, 1.82) is 0 Å². The summed E-state index contributed by atoms with van der Waals surface area (Å²) in [7, 11) is 5.83. The van der Waals surface area contributed by atoms with E-state index in [1.54, 1.807) is 0 Å². The van der Waals surface area contributed by atoms with Gasteiger partial charge in [-0.1, -0.05) is 0 Å². The summed E-state index contributed by atoms with van der Waals surface area (Å²) in [6.45, 7) is 6.62. The molecule has 2 nitrogen and oxygen atoms in total. The standard InChI is InChI=1S/C13H27BO2P2/c1-17(2,3)8-7-11-10(9-18(4,5)6)12(15)13(14)16-11/h10-13,15H,1,4,7-9H2,2-3,5-6H3. The molecule has 1 aliphatic heterocycles. The average Bonchev–Trinajstić information content (AvgIpc) is 2.39. The predicted octanol–water partition coefficient (Wildman–Crippen LogP) is 1.67. The topological polar surface area (TPSA) is 29.5 Å². The van der Waals surface area contributed by atoms with Gasteiger partial charge in [-0.25, -0.2) is 0 Å². The van der Waals surface area contributed by atoms with E-state index in [1.165, 1.54) is 0 Å². The highest BCUT2D eigenvalue weighted by Crippen LogP contribution is 2.45. The van der Waals surface area contributed by atoms with Gasteiger partial charge in [0.25, 0.3) is 0 Å². The molecule has 0 aromatic carbocycles. The van der Waals surface area contributed by atoms with E-state index in [1.807, 2.05) is 0 Å². The zero-order chi connectivity index (χ0) is 14.1. The van der Waals surface area contributed by atoms with Crippen LogP contribution in [0.5, 0.6) is 0 Å². The lowest BCUT2D eigenvalue weighted by molar-refractivity contribution is 0.0582. The molecule has 1 aliphatic rings. The number of ether oxygens (including phenoxy) is 1. The van der Waals surface area contributed by atoms with Crippen LogP contribution in [-0.4, -0.2) is 82.7 Å². The summed E-state index contributed by atoms with van der Waals surface area (Å²) in [4.78, 5) is 0. The highest BCUT2D eigenvalue weighted by Gasteiger charge is 2.41. The second-order valence-electron chi connectivity index (χ2n) is 6.86. The van der Waals surface area contributed by atoms with Gasteiger partial charge in [-0.2, -0.15) is 0 Å². The van der Waals surface area contributed by atoms with Gasteiger partial charge in [0.2, 0.25) is 0 Å². The Bertz CT molecular complexity index is 371. The van der Waals surface area contributed by atoms with Crippen molar-refractivity contribution in [2.75, 3.05) is 39.0 Å². The van der Waals surface area contributed by atoms with Crippen molar-refractivity contribution >= 4 is 34.2 Å². The average molecular weight is 288 g/mol. The summed E-state index contributed by atoms with van der Waals surface area (Å²) in [6.07, 6.45) is 11.0. The molecule has 0 aromatic rings. The molecule has 0 bridgehead atoms. The maximum Gasteiger partial charge on any atom is 0.112 e. The lowest BCUT2D eigenvalue weighted by Gasteiger charge is -2.26. The van der Waals surface area contributed by atoms with E-state index >= 15 is 0 Å². The van der Waals surface area contributed by atoms with Gasteiger partial charge in [-0.3, -0.25) is 0 Å². The number of hydrogen-bond donors (Lipinski definition) is 1. The highest BCUT2D eigenvalue weighted by atomic mass is 31.2. The lowest BCUT2D eigenvalue weighted by Crippen LogP contribution is -2.30. The van der Waals surface area contributed by atoms with Crippen molar-refractivity contribution in [2.45, 2.75) is 24.6 Å². The fraction of sp³-hybridized carbons (Fsp3) is 0.846. The lowest BCUT2D eigenvalue weighted by atomic mass is 9.88. The normalized spacial score (nSPS) is 33.8. The Morgan fingerprint density at radius 1 is 1.17 bits per heavy atom. The Balaban J connectivity index is 2.70. The SMILES string of the molecule is [B]C1OC(CCP(=C)(C)C)C(CP(=C)(C)C)C1O. The van der Waals surface area contributed by atoms with Crippen LogP contribution in [0.15, 0.2) is 0 Å². The summed E-state index contributed by atoms with van der Waals surface area (Å²) in [5.41, 5.74) is 0. The van der Waals surface area contributed by atoms with Gasteiger partial charge in [0, 0.05) is 11.9 Å². The van der Waals surface area contributed by atoms with E-state index in [2.05, 4.69) is 39.3 Å². The molecule has 2 radical (unpaired) electrons. The van der Waals surface area contributed by atoms with Crippen LogP contribution in [0.4, 0.5) is 0 Å². The second kappa shape index (κ2) is 5.92. The number of rotatable bonds is 5. The fourth-order valence-corrected chi connectivity index (χ4v) is 4.95. The van der Waals surface area contributed by atoms with E-state index in [0.717, 1.165) is 18.7 Å². The largest absolute Gasteiger partial charge is 0.391 e. The van der Waals surface area contributed by atoms with Crippen LogP contribution in [-0.2, 0) is 4.74 Å². The first kappa shape index (κ1) is 16.6. The Hall–Kier alpha value is 0.585. The smallest absolute Gasteiger partial charge is 0.112 e. The Labute approximate surface area is 114 Å². The summed E-state index contributed by atoms with van der Waals surface area (Å²) in [5.74, 6) is 0.146. The van der Waals surface area contributed by atoms with Crippen LogP contribution in [0.25, 0.3) is 0 Å². The van der Waals surface area contributed by atoms with Gasteiger partial charge in [0.1, 0.15) is 7.85 Å². The molecule has 0 amide bonds. The van der Waals surface area contributed by atoms with Gasteiger partial charge in [-0.05, 0) is 45.4 Å². The second-order valence-corrected chi connectivity index (χ2v) is 15.4. The third kappa shape index (κ3) is 5.29. The van der Waals surface area contributed by atoms with Crippen LogP contribution in [0, 0.1) is 5.92 Å². The number of aliphatic hydroxyl groups is 1. The molecule has 0 aromatic heterocycles. The van der Waals surface area contributed by atoms with E-state index in [9.17, 15) is 5.11 Å². The van der Waals surface area contributed by atoms with E-state index < -0.39 is 25.9 Å². The molecular weight excluding hydrogens is 261 g/mol. The van der Waals surface area contributed by atoms with Crippen LogP contribution < -0.4 is 0 Å². The minimum Gasteiger partial charge on any atom is -0.391 e. The van der Waals surface area contributed by atoms with Crippen LogP contribution >= 0.6 is 13.8 Å². The van der Waals surface area contributed by atoms with Gasteiger partial charge in [0.05, 0.1) is 12.2 Å². The summed E-state index contributed by atoms with van der Waals surface area (Å²) in [5, 5.41) is 10.2. The van der Waals surface area contributed by atoms with Crippen LogP contribution in [0.3, 0.4) is 0 Å². The van der Waals surface area contributed by atoms with Gasteiger partial charge < -0.3 is 9.84 Å². The molecule has 0 spiro atoms. The van der Waals surface area contributed by atoms with Crippen molar-refractivity contribution in [3.63, 3.8) is 0 Å². The summed E-state index contributed by atoms with van der Waals surface area (Å²) >= 11 is 0. The first-order valence-corrected chi connectivity index (χ1v) is 12.5. The first-order chi connectivity index (χ1) is 7.99. The Kier molecular flexibility index (Phi) is 5.47. The molecule has 1 rings (SSSR count). The third-order valence-corrected chi connectivity index (χ3v) is 6.19. The molecule has 4 unspecified atom stereocenters. The van der Waals surface area contributed by atoms with E-state index in [-0.39, 0.29) is 12.0 Å². The quantitative estimate of drug-likeness (QED) is 0.616. The fourth-order valence-electron chi connectivity index (χ4n) is 2.40. The molecule has 104 valence electrons. The van der Waals surface area contributed by atoms with E-state index in [0.29, 0.717) is 0 Å². The molecule has 4 atom stereocenters. The maximum atomic E-state index is 10.2. The minimum absolute atomic E-state index is 0.0806. The van der Waals surface area contributed by atoms with Gasteiger partial charge in [0.15, 0.2) is 0 Å². The molecule has 1 N–H and O–H groups in total. The van der Waals surface area contributed by atoms with Crippen LogP contribution in [0.1, 0.15) is 6.42 Å². The third-order valence-electron chi connectivity index (χ3n) is 3.31. The van der Waals surface area contributed by atoms with Crippen molar-refractivity contribution < 1.29 is 9.84 Å². The van der Waals surface area contributed by atoms with Crippen molar-refractivity contribution in [3.05, 3.63) is 0 Å². The zero-order valence-electron chi connectivity index (χ0n) is 12.2. The maximum absolute atomic E-state index is 10.2. The molecule has 1 fully saturated rings. The highest BCUT2D eigenvalue weighted by molar-refractivity contribution is 7.72. The molecule has 18 heavy (non-hydrogen) atoms. The number of aliphatic hydroxyl groups excluding tert-OH is 1. The Morgan fingerprint density at radius 3 is 2.17 bits per heavy atom. The molecular formula is C13H27BO2P2. The van der Waals surface area contributed by atoms with Crippen molar-refractivity contribution in [3.8, 4) is 0 Å². The van der Waals surface area contributed by atoms with Crippen LogP contribution in [0.2, 0.25) is 0 Å². The first-order valence-electron chi connectivity index (χ1n) is 6.43. The predicted molar refractivity (Wildman–Crippen MR) is 90.0 cm³/mol. The minimum atomic E-state index is -1.18. The van der Waals surface area contributed by atoms with Gasteiger partial charge >= 0.3 is 0 Å². The monoisotopic (exact) mass is 288 g/mol.